The summed E-state index contributed by atoms with van der Waals surface area (Å²) in [5, 5.41) is 13.2. The Bertz CT molecular complexity index is 1250. The lowest BCUT2D eigenvalue weighted by Gasteiger charge is -2.29. The normalized spacial score (nSPS) is 17.7. The molecule has 1 aromatic heterocycles. The van der Waals surface area contributed by atoms with Gasteiger partial charge in [-0.1, -0.05) is 80.5 Å². The zero-order valence-corrected chi connectivity index (χ0v) is 21.8. The maximum Gasteiger partial charge on any atom is 0.270 e. The number of carbonyl (C=O) groups is 1. The first-order valence-electron chi connectivity index (χ1n) is 12.2. The Morgan fingerprint density at radius 2 is 1.91 bits per heavy atom. The molecule has 0 atom stereocenters. The summed E-state index contributed by atoms with van der Waals surface area (Å²) in [5.41, 5.74) is 2.13. The number of anilines is 1. The van der Waals surface area contributed by atoms with Gasteiger partial charge in [0.15, 0.2) is 0 Å². The average molecular weight is 507 g/mol. The number of nitrogens with zero attached hydrogens (tertiary/aromatic N) is 3. The number of aromatic nitrogens is 1. The molecule has 2 aliphatic rings. The van der Waals surface area contributed by atoms with Gasteiger partial charge in [0.25, 0.3) is 11.5 Å². The van der Waals surface area contributed by atoms with Crippen LogP contribution < -0.4 is 10.9 Å². The third-order valence-corrected chi connectivity index (χ3v) is 7.99. The second kappa shape index (κ2) is 11.2. The number of thioether (sulfide) groups is 1. The monoisotopic (exact) mass is 506 g/mol. The summed E-state index contributed by atoms with van der Waals surface area (Å²) in [6, 6.07) is 12.2. The summed E-state index contributed by atoms with van der Waals surface area (Å²) in [6.45, 7) is 4.75. The van der Waals surface area contributed by atoms with Crippen LogP contribution in [0.3, 0.4) is 0 Å². The first-order chi connectivity index (χ1) is 17.0. The van der Waals surface area contributed by atoms with Crippen LogP contribution in [0.25, 0.3) is 6.08 Å². The highest BCUT2D eigenvalue weighted by Gasteiger charge is 2.37. The molecule has 1 aliphatic carbocycles. The fourth-order valence-corrected chi connectivity index (χ4v) is 6.22. The standard InChI is InChI=1S/C27H30N4O2S2/c1-3-14-30-24(29-17-19-10-6-4-7-11-19)21(18(2)22(16-28)25(30)32)15-23-26(33)31(27(34)35-23)20-12-8-5-9-13-20/h4,6-7,10-11,15,20,29H,3,5,8-9,12-14,17H2,1-2H3/b23-15+. The number of nitrogens with one attached hydrogen (secondary N) is 1. The number of benzene rings is 1. The van der Waals surface area contributed by atoms with Crippen molar-refractivity contribution in [2.24, 2.45) is 0 Å². The van der Waals surface area contributed by atoms with Crippen molar-refractivity contribution < 1.29 is 4.79 Å². The maximum absolute atomic E-state index is 13.4. The van der Waals surface area contributed by atoms with Gasteiger partial charge in [-0.25, -0.2) is 0 Å². The smallest absolute Gasteiger partial charge is 0.270 e. The highest BCUT2D eigenvalue weighted by atomic mass is 32.2. The molecule has 182 valence electrons. The Morgan fingerprint density at radius 1 is 1.20 bits per heavy atom. The zero-order valence-electron chi connectivity index (χ0n) is 20.2. The summed E-state index contributed by atoms with van der Waals surface area (Å²) >= 11 is 6.92. The molecule has 1 N–H and O–H groups in total. The molecule has 4 rings (SSSR count). The minimum atomic E-state index is -0.311. The number of nitriles is 1. The van der Waals surface area contributed by atoms with Crippen LogP contribution in [0.15, 0.2) is 40.0 Å². The van der Waals surface area contributed by atoms with E-state index < -0.39 is 0 Å². The van der Waals surface area contributed by atoms with Crippen LogP contribution in [-0.2, 0) is 17.9 Å². The lowest BCUT2D eigenvalue weighted by Crippen LogP contribution is -2.39. The van der Waals surface area contributed by atoms with Gasteiger partial charge in [0, 0.05) is 24.7 Å². The summed E-state index contributed by atoms with van der Waals surface area (Å²) in [6.07, 6.45) is 7.92. The molecule has 2 heterocycles. The van der Waals surface area contributed by atoms with Gasteiger partial charge in [-0.05, 0) is 43.4 Å². The maximum atomic E-state index is 13.4. The van der Waals surface area contributed by atoms with Gasteiger partial charge >= 0.3 is 0 Å². The van der Waals surface area contributed by atoms with Crippen molar-refractivity contribution in [1.29, 1.82) is 5.26 Å². The van der Waals surface area contributed by atoms with Gasteiger partial charge < -0.3 is 5.32 Å². The van der Waals surface area contributed by atoms with Gasteiger partial charge in [-0.3, -0.25) is 19.1 Å². The molecule has 0 bridgehead atoms. The molecule has 2 aromatic rings. The molecule has 1 saturated heterocycles. The Balaban J connectivity index is 1.79. The minimum absolute atomic E-state index is 0.0768. The predicted octanol–water partition coefficient (Wildman–Crippen LogP) is 5.58. The number of amides is 1. The molecule has 35 heavy (non-hydrogen) atoms. The van der Waals surface area contributed by atoms with E-state index in [0.717, 1.165) is 37.7 Å². The van der Waals surface area contributed by atoms with E-state index in [1.807, 2.05) is 43.3 Å². The fourth-order valence-electron chi connectivity index (χ4n) is 4.84. The summed E-state index contributed by atoms with van der Waals surface area (Å²) in [5.74, 6) is 0.548. The fraction of sp³-hybridized carbons (Fsp3) is 0.407. The lowest BCUT2D eigenvalue weighted by atomic mass is 9.94. The second-order valence-electron chi connectivity index (χ2n) is 9.01. The second-order valence-corrected chi connectivity index (χ2v) is 10.7. The third kappa shape index (κ3) is 5.21. The van der Waals surface area contributed by atoms with Crippen molar-refractivity contribution in [3.05, 3.63) is 67.8 Å². The number of pyridine rings is 1. The van der Waals surface area contributed by atoms with Crippen molar-refractivity contribution in [3.8, 4) is 6.07 Å². The van der Waals surface area contributed by atoms with Crippen molar-refractivity contribution >= 4 is 46.1 Å². The van der Waals surface area contributed by atoms with Crippen molar-refractivity contribution in [2.75, 3.05) is 5.32 Å². The Hall–Kier alpha value is -2.89. The molecular formula is C27H30N4O2S2. The Kier molecular flexibility index (Phi) is 8.09. The van der Waals surface area contributed by atoms with Gasteiger partial charge in [0.1, 0.15) is 21.8 Å². The van der Waals surface area contributed by atoms with Gasteiger partial charge in [-0.15, -0.1) is 0 Å². The van der Waals surface area contributed by atoms with E-state index in [0.29, 0.717) is 39.3 Å². The SMILES string of the molecule is CCCn1c(NCc2ccccc2)c(/C=C2/SC(=S)N(C3CCCCC3)C2=O)c(C)c(C#N)c1=O. The van der Waals surface area contributed by atoms with E-state index in [-0.39, 0.29) is 23.1 Å². The van der Waals surface area contributed by atoms with E-state index in [1.54, 1.807) is 16.4 Å². The molecule has 1 saturated carbocycles. The van der Waals surface area contributed by atoms with E-state index in [1.165, 1.54) is 18.2 Å². The number of thiocarbonyl (C=S) groups is 1. The predicted molar refractivity (Wildman–Crippen MR) is 146 cm³/mol. The van der Waals surface area contributed by atoms with Crippen molar-refractivity contribution in [3.63, 3.8) is 0 Å². The largest absolute Gasteiger partial charge is 0.367 e. The number of rotatable bonds is 7. The molecule has 6 nitrogen and oxygen atoms in total. The number of carbonyl (C=O) groups excluding carboxylic acids is 1. The van der Waals surface area contributed by atoms with Gasteiger partial charge in [0.05, 0.1) is 4.91 Å². The third-order valence-electron chi connectivity index (χ3n) is 6.66. The topological polar surface area (TPSA) is 78.1 Å². The van der Waals surface area contributed by atoms with Crippen LogP contribution in [0.2, 0.25) is 0 Å². The van der Waals surface area contributed by atoms with Crippen LogP contribution in [0.1, 0.15) is 67.7 Å². The summed E-state index contributed by atoms with van der Waals surface area (Å²) in [4.78, 5) is 29.0. The van der Waals surface area contributed by atoms with E-state index in [9.17, 15) is 14.9 Å². The van der Waals surface area contributed by atoms with E-state index in [4.69, 9.17) is 12.2 Å². The van der Waals surface area contributed by atoms with E-state index in [2.05, 4.69) is 11.4 Å². The van der Waals surface area contributed by atoms with Crippen molar-refractivity contribution in [1.82, 2.24) is 9.47 Å². The molecule has 1 amide bonds. The summed E-state index contributed by atoms with van der Waals surface area (Å²) in [7, 11) is 0. The molecule has 2 fully saturated rings. The van der Waals surface area contributed by atoms with Gasteiger partial charge in [-0.2, -0.15) is 5.26 Å². The number of hydrogen-bond acceptors (Lipinski definition) is 6. The van der Waals surface area contributed by atoms with E-state index >= 15 is 0 Å². The first kappa shape index (κ1) is 25.2. The van der Waals surface area contributed by atoms with Crippen LogP contribution in [0.4, 0.5) is 5.82 Å². The molecular weight excluding hydrogens is 476 g/mol. The zero-order chi connectivity index (χ0) is 24.9. The highest BCUT2D eigenvalue weighted by Crippen LogP contribution is 2.38. The first-order valence-corrected chi connectivity index (χ1v) is 13.4. The van der Waals surface area contributed by atoms with Crippen LogP contribution in [-0.4, -0.2) is 25.7 Å². The molecule has 0 unspecified atom stereocenters. The molecule has 0 radical (unpaired) electrons. The van der Waals surface area contributed by atoms with Crippen molar-refractivity contribution in [2.45, 2.75) is 71.5 Å². The van der Waals surface area contributed by atoms with Crippen LogP contribution in [0.5, 0.6) is 0 Å². The Morgan fingerprint density at radius 3 is 2.57 bits per heavy atom. The summed E-state index contributed by atoms with van der Waals surface area (Å²) < 4.78 is 2.22. The van der Waals surface area contributed by atoms with Gasteiger partial charge in [0.2, 0.25) is 0 Å². The molecule has 0 spiro atoms. The number of hydrogen-bond donors (Lipinski definition) is 1. The minimum Gasteiger partial charge on any atom is -0.367 e. The average Bonchev–Trinajstić information content (AvgIpc) is 3.15. The quantitative estimate of drug-likeness (QED) is 0.390. The highest BCUT2D eigenvalue weighted by molar-refractivity contribution is 8.26. The molecule has 1 aromatic carbocycles. The molecule has 8 heteroatoms. The van der Waals surface area contributed by atoms with Crippen LogP contribution >= 0.6 is 24.0 Å². The lowest BCUT2D eigenvalue weighted by molar-refractivity contribution is -0.124. The van der Waals surface area contributed by atoms with Crippen LogP contribution in [0, 0.1) is 18.3 Å². The molecule has 1 aliphatic heterocycles. The Labute approximate surface area is 216 Å².